The quantitative estimate of drug-likeness (QED) is 0.565. The van der Waals surface area contributed by atoms with Gasteiger partial charge in [0.25, 0.3) is 5.91 Å². The van der Waals surface area contributed by atoms with Gasteiger partial charge in [-0.25, -0.2) is 4.98 Å². The van der Waals surface area contributed by atoms with Crippen molar-refractivity contribution in [3.63, 3.8) is 0 Å². The van der Waals surface area contributed by atoms with Crippen molar-refractivity contribution in [3.05, 3.63) is 76.2 Å². The summed E-state index contributed by atoms with van der Waals surface area (Å²) >= 11 is 1.37. The van der Waals surface area contributed by atoms with Crippen LogP contribution < -0.4 is 16.0 Å². The Morgan fingerprint density at radius 1 is 1.17 bits per heavy atom. The number of anilines is 2. The summed E-state index contributed by atoms with van der Waals surface area (Å²) in [5.41, 5.74) is 8.22. The molecule has 8 heteroatoms. The van der Waals surface area contributed by atoms with Crippen LogP contribution in [0.25, 0.3) is 0 Å². The molecular formula is C21H22N4O3S. The molecule has 0 fully saturated rings. The molecule has 29 heavy (non-hydrogen) atoms. The average molecular weight is 410 g/mol. The molecule has 0 unspecified atom stereocenters. The van der Waals surface area contributed by atoms with Gasteiger partial charge in [0.2, 0.25) is 5.91 Å². The number of carbonyl (C=O) groups is 2. The van der Waals surface area contributed by atoms with Gasteiger partial charge >= 0.3 is 0 Å². The number of ether oxygens (including phenoxy) is 1. The molecule has 0 radical (unpaired) electrons. The van der Waals surface area contributed by atoms with Gasteiger partial charge in [-0.1, -0.05) is 36.4 Å². The van der Waals surface area contributed by atoms with Gasteiger partial charge in [-0.05, 0) is 23.8 Å². The number of rotatable bonds is 9. The largest absolute Gasteiger partial charge is 0.378 e. The first-order valence-corrected chi connectivity index (χ1v) is 9.85. The number of thiazole rings is 1. The lowest BCUT2D eigenvalue weighted by Gasteiger charge is -2.24. The molecule has 0 aliphatic rings. The van der Waals surface area contributed by atoms with Gasteiger partial charge in [0.1, 0.15) is 10.7 Å². The van der Waals surface area contributed by atoms with E-state index in [1.807, 2.05) is 53.4 Å². The fourth-order valence-corrected chi connectivity index (χ4v) is 3.56. The highest BCUT2D eigenvalue weighted by molar-refractivity contribution is 7.09. The number of nitrogens with zero attached hydrogens (tertiary/aromatic N) is 2. The monoisotopic (exact) mass is 410 g/mol. The summed E-state index contributed by atoms with van der Waals surface area (Å²) in [6, 6.07) is 17.1. The predicted octanol–water partition coefficient (Wildman–Crippen LogP) is 3.03. The normalized spacial score (nSPS) is 10.5. The van der Waals surface area contributed by atoms with Gasteiger partial charge in [0.15, 0.2) is 0 Å². The Bertz CT molecular complexity index is 975. The Balaban J connectivity index is 1.76. The molecule has 150 valence electrons. The Labute approximate surface area is 173 Å². The van der Waals surface area contributed by atoms with E-state index >= 15 is 0 Å². The molecule has 0 aliphatic heterocycles. The highest BCUT2D eigenvalue weighted by Gasteiger charge is 2.14. The van der Waals surface area contributed by atoms with Gasteiger partial charge in [0.05, 0.1) is 13.2 Å². The number of hydrogen-bond acceptors (Lipinski definition) is 6. The van der Waals surface area contributed by atoms with Gasteiger partial charge in [0, 0.05) is 30.4 Å². The van der Waals surface area contributed by atoms with Crippen molar-refractivity contribution >= 4 is 34.5 Å². The summed E-state index contributed by atoms with van der Waals surface area (Å²) in [5, 5.41) is 5.28. The van der Waals surface area contributed by atoms with Crippen LogP contribution in [0.4, 0.5) is 11.4 Å². The van der Waals surface area contributed by atoms with Crippen LogP contribution in [0.15, 0.2) is 60.0 Å². The summed E-state index contributed by atoms with van der Waals surface area (Å²) in [6.07, 6.45) is 0. The fraction of sp³-hybridized carbons (Fsp3) is 0.190. The molecule has 0 saturated heterocycles. The Morgan fingerprint density at radius 3 is 2.69 bits per heavy atom. The lowest BCUT2D eigenvalue weighted by molar-refractivity contribution is -0.116. The van der Waals surface area contributed by atoms with Crippen LogP contribution >= 0.6 is 11.3 Å². The van der Waals surface area contributed by atoms with E-state index in [2.05, 4.69) is 10.3 Å². The second kappa shape index (κ2) is 9.81. The summed E-state index contributed by atoms with van der Waals surface area (Å²) in [6.45, 7) is 0.960. The van der Waals surface area contributed by atoms with Gasteiger partial charge in [-0.2, -0.15) is 0 Å². The molecule has 1 aromatic heterocycles. The summed E-state index contributed by atoms with van der Waals surface area (Å²) in [7, 11) is 1.58. The third kappa shape index (κ3) is 5.87. The van der Waals surface area contributed by atoms with E-state index in [9.17, 15) is 9.59 Å². The number of aromatic nitrogens is 1. The third-order valence-corrected chi connectivity index (χ3v) is 4.91. The zero-order valence-electron chi connectivity index (χ0n) is 16.0. The van der Waals surface area contributed by atoms with Crippen LogP contribution in [-0.4, -0.2) is 30.5 Å². The molecule has 0 spiro atoms. The summed E-state index contributed by atoms with van der Waals surface area (Å²) < 4.78 is 5.03. The van der Waals surface area contributed by atoms with Crippen LogP contribution in [0.2, 0.25) is 0 Å². The maximum atomic E-state index is 12.5. The first-order valence-electron chi connectivity index (χ1n) is 8.97. The molecule has 0 bridgehead atoms. The van der Waals surface area contributed by atoms with Gasteiger partial charge < -0.3 is 20.7 Å². The number of amides is 2. The number of benzene rings is 2. The molecule has 3 rings (SSSR count). The first-order chi connectivity index (χ1) is 14.0. The van der Waals surface area contributed by atoms with E-state index in [4.69, 9.17) is 10.5 Å². The minimum Gasteiger partial charge on any atom is -0.378 e. The smallest absolute Gasteiger partial charge is 0.275 e. The maximum absolute atomic E-state index is 12.5. The topological polar surface area (TPSA) is 97.6 Å². The molecule has 3 N–H and O–H groups in total. The first kappa shape index (κ1) is 20.5. The molecule has 7 nitrogen and oxygen atoms in total. The van der Waals surface area contributed by atoms with E-state index in [0.717, 1.165) is 16.3 Å². The highest BCUT2D eigenvalue weighted by atomic mass is 32.1. The minimum atomic E-state index is -0.427. The minimum absolute atomic E-state index is 0.0682. The standard InChI is InChI=1S/C21H22N4O3S/c1-28-13-20-24-18(14-29-20)21(27)23-16-8-5-9-17(10-16)25(12-19(22)26)11-15-6-3-2-4-7-15/h2-10,14H,11-13H2,1H3,(H2,22,26)(H,23,27). The third-order valence-electron chi connectivity index (χ3n) is 4.08. The molecule has 0 atom stereocenters. The summed E-state index contributed by atoms with van der Waals surface area (Å²) in [4.78, 5) is 30.2. The maximum Gasteiger partial charge on any atom is 0.275 e. The van der Waals surface area contributed by atoms with Crippen molar-refractivity contribution in [2.45, 2.75) is 13.2 Å². The van der Waals surface area contributed by atoms with Crippen LogP contribution in [0.3, 0.4) is 0 Å². The number of carbonyl (C=O) groups excluding carboxylic acids is 2. The van der Waals surface area contributed by atoms with E-state index in [-0.39, 0.29) is 12.5 Å². The number of primary amides is 1. The lowest BCUT2D eigenvalue weighted by atomic mass is 10.2. The van der Waals surface area contributed by atoms with Crippen LogP contribution in [0, 0.1) is 0 Å². The van der Waals surface area contributed by atoms with Crippen molar-refractivity contribution in [1.29, 1.82) is 0 Å². The van der Waals surface area contributed by atoms with Crippen molar-refractivity contribution in [2.75, 3.05) is 23.9 Å². The molecule has 1 heterocycles. The number of methoxy groups -OCH3 is 1. The number of nitrogens with two attached hydrogens (primary N) is 1. The van der Waals surface area contributed by atoms with Gasteiger partial charge in [-0.3, -0.25) is 9.59 Å². The van der Waals surface area contributed by atoms with Crippen LogP contribution in [0.5, 0.6) is 0 Å². The average Bonchev–Trinajstić information content (AvgIpc) is 3.17. The van der Waals surface area contributed by atoms with Crippen LogP contribution in [0.1, 0.15) is 21.1 Å². The van der Waals surface area contributed by atoms with E-state index in [0.29, 0.717) is 24.5 Å². The second-order valence-corrected chi connectivity index (χ2v) is 7.31. The molecule has 2 aromatic carbocycles. The Kier molecular flexibility index (Phi) is 6.94. The molecular weight excluding hydrogens is 388 g/mol. The lowest BCUT2D eigenvalue weighted by Crippen LogP contribution is -2.33. The van der Waals surface area contributed by atoms with Crippen molar-refractivity contribution in [1.82, 2.24) is 4.98 Å². The van der Waals surface area contributed by atoms with Crippen molar-refractivity contribution in [2.24, 2.45) is 5.73 Å². The molecule has 2 amide bonds. The van der Waals surface area contributed by atoms with E-state index in [1.54, 1.807) is 18.6 Å². The van der Waals surface area contributed by atoms with Crippen LogP contribution in [-0.2, 0) is 22.7 Å². The summed E-state index contributed by atoms with van der Waals surface area (Å²) in [5.74, 6) is -0.728. The van der Waals surface area contributed by atoms with Crippen molar-refractivity contribution < 1.29 is 14.3 Å². The highest BCUT2D eigenvalue weighted by Crippen LogP contribution is 2.22. The Hall–Kier alpha value is -3.23. The second-order valence-electron chi connectivity index (χ2n) is 6.37. The SMILES string of the molecule is COCc1nc(C(=O)Nc2cccc(N(CC(N)=O)Cc3ccccc3)c2)cs1. The number of nitrogens with one attached hydrogen (secondary N) is 1. The molecule has 0 aliphatic carbocycles. The zero-order valence-corrected chi connectivity index (χ0v) is 16.8. The predicted molar refractivity (Wildman–Crippen MR) is 114 cm³/mol. The number of hydrogen-bond donors (Lipinski definition) is 2. The van der Waals surface area contributed by atoms with E-state index in [1.165, 1.54) is 11.3 Å². The fourth-order valence-electron chi connectivity index (χ4n) is 2.81. The van der Waals surface area contributed by atoms with Gasteiger partial charge in [-0.15, -0.1) is 11.3 Å². The zero-order chi connectivity index (χ0) is 20.6. The van der Waals surface area contributed by atoms with Crippen molar-refractivity contribution in [3.8, 4) is 0 Å². The molecule has 0 saturated carbocycles. The molecule has 3 aromatic rings. The Morgan fingerprint density at radius 2 is 1.97 bits per heavy atom. The van der Waals surface area contributed by atoms with E-state index < -0.39 is 5.91 Å².